The van der Waals surface area contributed by atoms with Crippen molar-refractivity contribution in [3.8, 4) is 67.2 Å². The molecule has 0 aliphatic heterocycles. The number of pyridine rings is 3. The summed E-state index contributed by atoms with van der Waals surface area (Å²) in [4.78, 5) is 13.7. The predicted octanol–water partition coefficient (Wildman–Crippen LogP) is 12.8. The molecule has 9 aromatic rings. The Labute approximate surface area is 360 Å². The van der Waals surface area contributed by atoms with Gasteiger partial charge in [0.2, 0.25) is 0 Å². The Hall–Kier alpha value is -6.58. The van der Waals surface area contributed by atoms with Crippen molar-refractivity contribution in [2.75, 3.05) is 0 Å². The zero-order chi connectivity index (χ0) is 38.9. The van der Waals surface area contributed by atoms with Crippen molar-refractivity contribution < 1.29 is 20.1 Å². The van der Waals surface area contributed by atoms with Crippen molar-refractivity contribution in [2.24, 2.45) is 0 Å². The molecule has 3 nitrogen and oxygen atoms in total. The van der Waals surface area contributed by atoms with Crippen molar-refractivity contribution >= 4 is 0 Å². The largest absolute Gasteiger partial charge is 3.00 e. The number of hydrogen-bond acceptors (Lipinski definition) is 3. The van der Waals surface area contributed by atoms with Crippen LogP contribution in [0.5, 0.6) is 0 Å². The first-order valence-corrected chi connectivity index (χ1v) is 19.8. The number of aromatic nitrogens is 3. The van der Waals surface area contributed by atoms with Gasteiger partial charge in [-0.15, -0.1) is 94.5 Å². The van der Waals surface area contributed by atoms with Gasteiger partial charge >= 0.3 is 20.1 Å². The van der Waals surface area contributed by atoms with E-state index in [1.54, 1.807) is 0 Å². The van der Waals surface area contributed by atoms with E-state index in [1.165, 1.54) is 38.9 Å². The monoisotopic (exact) mass is 935 g/mol. The van der Waals surface area contributed by atoms with E-state index in [0.717, 1.165) is 76.1 Å². The third-order valence-corrected chi connectivity index (χ3v) is 10.6. The molecular formula is C55H40IrN3. The quantitative estimate of drug-likeness (QED) is 0.115. The summed E-state index contributed by atoms with van der Waals surface area (Å²) in [6.07, 6.45) is 9.14. The van der Waals surface area contributed by atoms with E-state index in [4.69, 9.17) is 0 Å². The maximum absolute atomic E-state index is 4.64. The Morgan fingerprint density at radius 1 is 0.322 bits per heavy atom. The maximum Gasteiger partial charge on any atom is 3.00 e. The first-order chi connectivity index (χ1) is 28.7. The summed E-state index contributed by atoms with van der Waals surface area (Å²) in [5.74, 6) is 0. The minimum atomic E-state index is 0. The molecule has 0 radical (unpaired) electrons. The molecule has 0 aliphatic rings. The fraction of sp³-hybridized carbons (Fsp3) is 0.0727. The molecule has 9 rings (SSSR count). The topological polar surface area (TPSA) is 38.7 Å². The molecule has 3 heterocycles. The minimum absolute atomic E-state index is 0. The van der Waals surface area contributed by atoms with Gasteiger partial charge in [0.15, 0.2) is 0 Å². The molecule has 0 saturated heterocycles. The van der Waals surface area contributed by atoms with Crippen LogP contribution in [0, 0.1) is 18.2 Å². The van der Waals surface area contributed by atoms with Gasteiger partial charge in [0, 0.05) is 18.6 Å². The molecular weight excluding hydrogens is 895 g/mol. The summed E-state index contributed by atoms with van der Waals surface area (Å²) in [6, 6.07) is 72.4. The van der Waals surface area contributed by atoms with Gasteiger partial charge in [0.05, 0.1) is 0 Å². The molecule has 0 amide bonds. The average Bonchev–Trinajstić information content (AvgIpc) is 3.31. The van der Waals surface area contributed by atoms with Gasteiger partial charge in [-0.25, -0.2) is 0 Å². The number of benzene rings is 6. The SMILES string of the molecule is [Ir+3].[c-]1cc(CCc2cc(CCc3c[c-]c(-c4ccccn4)cc3)cc(-c3ccccc3-c3c[c-]c(-c4ccccn4)cc3-c3ccccc3)c2)ccc1-c1ccccn1. The summed E-state index contributed by atoms with van der Waals surface area (Å²) >= 11 is 0. The van der Waals surface area contributed by atoms with Crippen LogP contribution in [0.25, 0.3) is 67.2 Å². The smallest absolute Gasteiger partial charge is 0.305 e. The third kappa shape index (κ3) is 9.43. The van der Waals surface area contributed by atoms with Crippen LogP contribution >= 0.6 is 0 Å². The molecule has 284 valence electrons. The van der Waals surface area contributed by atoms with Crippen molar-refractivity contribution in [3.05, 3.63) is 235 Å². The van der Waals surface area contributed by atoms with Crippen LogP contribution in [0.2, 0.25) is 0 Å². The molecule has 0 atom stereocenters. The minimum Gasteiger partial charge on any atom is -0.305 e. The zero-order valence-corrected chi connectivity index (χ0v) is 34.9. The van der Waals surface area contributed by atoms with E-state index in [-0.39, 0.29) is 20.1 Å². The fourth-order valence-electron chi connectivity index (χ4n) is 7.58. The van der Waals surface area contributed by atoms with Crippen molar-refractivity contribution in [1.82, 2.24) is 15.0 Å². The molecule has 0 unspecified atom stereocenters. The Kier molecular flexibility index (Phi) is 12.5. The van der Waals surface area contributed by atoms with Crippen molar-refractivity contribution in [2.45, 2.75) is 25.7 Å². The van der Waals surface area contributed by atoms with E-state index in [9.17, 15) is 0 Å². The van der Waals surface area contributed by atoms with E-state index >= 15 is 0 Å². The second-order valence-corrected chi connectivity index (χ2v) is 14.5. The van der Waals surface area contributed by atoms with Crippen LogP contribution in [0.1, 0.15) is 22.3 Å². The molecule has 59 heavy (non-hydrogen) atoms. The summed E-state index contributed by atoms with van der Waals surface area (Å²) in [7, 11) is 0. The van der Waals surface area contributed by atoms with Gasteiger partial charge in [0.1, 0.15) is 0 Å². The van der Waals surface area contributed by atoms with Crippen LogP contribution in [0.4, 0.5) is 0 Å². The van der Waals surface area contributed by atoms with E-state index < -0.39 is 0 Å². The molecule has 0 N–H and O–H groups in total. The van der Waals surface area contributed by atoms with Gasteiger partial charge in [-0.1, -0.05) is 139 Å². The first kappa shape index (κ1) is 39.3. The van der Waals surface area contributed by atoms with Gasteiger partial charge in [0.25, 0.3) is 0 Å². The Morgan fingerprint density at radius 3 is 1.31 bits per heavy atom. The summed E-state index contributed by atoms with van der Waals surface area (Å²) < 4.78 is 0. The van der Waals surface area contributed by atoms with Crippen molar-refractivity contribution in [3.63, 3.8) is 0 Å². The number of aryl methyl sites for hydroxylation is 4. The van der Waals surface area contributed by atoms with Crippen LogP contribution in [0.3, 0.4) is 0 Å². The zero-order valence-electron chi connectivity index (χ0n) is 32.5. The summed E-state index contributed by atoms with van der Waals surface area (Å²) in [5.41, 5.74) is 17.9. The van der Waals surface area contributed by atoms with E-state index in [0.29, 0.717) is 0 Å². The second kappa shape index (κ2) is 18.8. The molecule has 0 saturated carbocycles. The van der Waals surface area contributed by atoms with Gasteiger partial charge in [-0.2, -0.15) is 0 Å². The van der Waals surface area contributed by atoms with Gasteiger partial charge in [-0.05, 0) is 75.9 Å². The second-order valence-electron chi connectivity index (χ2n) is 14.5. The molecule has 4 heteroatoms. The van der Waals surface area contributed by atoms with Crippen molar-refractivity contribution in [1.29, 1.82) is 0 Å². The standard InChI is InChI=1S/C55H40N3.Ir/c1-2-12-44(13-3-1)52-39-47(55-18-8-11-35-58-55)31-32-51(52)50-15-5-4-14-49(50)48-37-42(21-19-40-23-27-45(28-24-40)53-16-6-9-33-56-53)36-43(38-48)22-20-41-25-29-46(30-26-41)54-17-7-10-34-57-54;/h1-18,23-27,29,32-39H,19-22H2;/q-3;+3. The van der Waals surface area contributed by atoms with Gasteiger partial charge < -0.3 is 15.0 Å². The fourth-order valence-corrected chi connectivity index (χ4v) is 7.58. The number of nitrogens with zero attached hydrogens (tertiary/aromatic N) is 3. The van der Waals surface area contributed by atoms with Crippen LogP contribution in [-0.2, 0) is 45.8 Å². The van der Waals surface area contributed by atoms with Gasteiger partial charge in [-0.3, -0.25) is 0 Å². The number of hydrogen-bond donors (Lipinski definition) is 0. The van der Waals surface area contributed by atoms with Crippen LogP contribution < -0.4 is 0 Å². The Morgan fingerprint density at radius 2 is 0.797 bits per heavy atom. The third-order valence-electron chi connectivity index (χ3n) is 10.6. The maximum atomic E-state index is 4.64. The van der Waals surface area contributed by atoms with E-state index in [1.807, 2.05) is 73.2 Å². The molecule has 6 aromatic carbocycles. The molecule has 0 aliphatic carbocycles. The summed E-state index contributed by atoms with van der Waals surface area (Å²) in [6.45, 7) is 0. The predicted molar refractivity (Wildman–Crippen MR) is 237 cm³/mol. The summed E-state index contributed by atoms with van der Waals surface area (Å²) in [5, 5.41) is 0. The number of rotatable bonds is 12. The molecule has 0 spiro atoms. The van der Waals surface area contributed by atoms with Crippen LogP contribution in [-0.4, -0.2) is 15.0 Å². The normalized spacial score (nSPS) is 10.8. The van der Waals surface area contributed by atoms with E-state index in [2.05, 4.69) is 154 Å². The Balaban J connectivity index is 0.00000484. The average molecular weight is 935 g/mol. The molecule has 3 aromatic heterocycles. The first-order valence-electron chi connectivity index (χ1n) is 19.8. The Bertz CT molecular complexity index is 2630. The molecule has 0 fully saturated rings. The van der Waals surface area contributed by atoms with Crippen LogP contribution in [0.15, 0.2) is 195 Å². The molecule has 0 bridgehead atoms.